The number of hydrogen-bond acceptors (Lipinski definition) is 7. The van der Waals surface area contributed by atoms with Gasteiger partial charge in [0.05, 0.1) is 0 Å². The summed E-state index contributed by atoms with van der Waals surface area (Å²) in [6.07, 6.45) is 1.51. The zero-order chi connectivity index (χ0) is 20.8. The van der Waals surface area contributed by atoms with Crippen molar-refractivity contribution in [1.29, 1.82) is 0 Å². The van der Waals surface area contributed by atoms with Crippen molar-refractivity contribution in [2.24, 2.45) is 11.8 Å². The third kappa shape index (κ3) is 3.33. The lowest BCUT2D eigenvalue weighted by Crippen LogP contribution is -2.76. The third-order valence-corrected chi connectivity index (χ3v) is 6.37. The van der Waals surface area contributed by atoms with Gasteiger partial charge in [0.2, 0.25) is 5.95 Å². The largest absolute Gasteiger partial charge is 0.424 e. The Morgan fingerprint density at radius 2 is 2.10 bits per heavy atom. The molecule has 30 heavy (non-hydrogen) atoms. The highest BCUT2D eigenvalue weighted by atomic mass is 35.5. The number of piperidine rings is 1. The maximum Gasteiger partial charge on any atom is 0.322 e. The van der Waals surface area contributed by atoms with E-state index in [1.807, 2.05) is 25.1 Å². The highest BCUT2D eigenvalue weighted by Crippen LogP contribution is 2.49. The lowest BCUT2D eigenvalue weighted by Gasteiger charge is -2.64. The minimum atomic E-state index is 0.301. The van der Waals surface area contributed by atoms with Crippen LogP contribution in [0.15, 0.2) is 36.7 Å². The molecule has 1 N–H and O–H groups in total. The van der Waals surface area contributed by atoms with Gasteiger partial charge < -0.3 is 15.0 Å². The molecule has 1 aromatic carbocycles. The Bertz CT molecular complexity index is 1070. The molecule has 2 fully saturated rings. The lowest BCUT2D eigenvalue weighted by molar-refractivity contribution is 0.0582. The third-order valence-electron chi connectivity index (χ3n) is 5.92. The number of rotatable bonds is 6. The second kappa shape index (κ2) is 7.59. The summed E-state index contributed by atoms with van der Waals surface area (Å²) in [5.74, 6) is 3.02. The molecule has 1 aliphatic carbocycles. The van der Waals surface area contributed by atoms with Gasteiger partial charge in [-0.15, -0.1) is 5.10 Å². The van der Waals surface area contributed by atoms with E-state index in [2.05, 4.69) is 37.2 Å². The number of anilines is 2. The first-order chi connectivity index (χ1) is 14.5. The topological polar surface area (TPSA) is 81.0 Å². The normalized spacial score (nSPS) is 24.6. The standard InChI is InChI=1S/C20H21Cl2N7O/c1-3-29-20(30-13-6-4-5-12(21)7-13)26-19(27-29)25-17-11(2)18-14(17)9-28(18)16-8-15(22)23-10-24-16/h4-8,10-11,14,17-18H,3,9H2,1-2H3,(H,25,27). The number of hydrogen-bond donors (Lipinski definition) is 1. The molecule has 4 atom stereocenters. The highest BCUT2D eigenvalue weighted by molar-refractivity contribution is 6.30. The van der Waals surface area contributed by atoms with Gasteiger partial charge in [0.25, 0.3) is 0 Å². The van der Waals surface area contributed by atoms with E-state index in [9.17, 15) is 0 Å². The molecular formula is C20H21Cl2N7O. The van der Waals surface area contributed by atoms with Crippen LogP contribution in [-0.4, -0.2) is 43.4 Å². The fourth-order valence-corrected chi connectivity index (χ4v) is 4.75. The van der Waals surface area contributed by atoms with Crippen molar-refractivity contribution in [1.82, 2.24) is 24.7 Å². The summed E-state index contributed by atoms with van der Waals surface area (Å²) in [7, 11) is 0. The maximum atomic E-state index is 6.05. The molecule has 2 aromatic heterocycles. The molecule has 10 heteroatoms. The van der Waals surface area contributed by atoms with Crippen LogP contribution in [0.4, 0.5) is 11.8 Å². The number of fused-ring (bicyclic) bond motifs is 1. The number of aromatic nitrogens is 5. The monoisotopic (exact) mass is 445 g/mol. The molecule has 0 amide bonds. The van der Waals surface area contributed by atoms with Gasteiger partial charge in [-0.05, 0) is 31.0 Å². The first-order valence-corrected chi connectivity index (χ1v) is 10.7. The van der Waals surface area contributed by atoms with E-state index in [4.69, 9.17) is 27.9 Å². The number of ether oxygens (including phenoxy) is 1. The van der Waals surface area contributed by atoms with Gasteiger partial charge in [-0.25, -0.2) is 14.6 Å². The van der Waals surface area contributed by atoms with Crippen LogP contribution < -0.4 is 15.0 Å². The van der Waals surface area contributed by atoms with Crippen LogP contribution in [0.5, 0.6) is 11.8 Å². The van der Waals surface area contributed by atoms with Gasteiger partial charge in [-0.2, -0.15) is 4.98 Å². The number of aryl methyl sites for hydroxylation is 1. The van der Waals surface area contributed by atoms with Crippen LogP contribution in [0.3, 0.4) is 0 Å². The fourth-order valence-electron chi connectivity index (χ4n) is 4.43. The SMILES string of the molecule is CCn1nc(NC2C(C)C3C2CN3c2cc(Cl)ncn2)nc1Oc1cccc(Cl)c1. The van der Waals surface area contributed by atoms with Crippen molar-refractivity contribution >= 4 is 35.0 Å². The van der Waals surface area contributed by atoms with E-state index in [0.717, 1.165) is 12.4 Å². The summed E-state index contributed by atoms with van der Waals surface area (Å²) in [4.78, 5) is 15.2. The van der Waals surface area contributed by atoms with E-state index < -0.39 is 0 Å². The molecule has 4 unspecified atom stereocenters. The summed E-state index contributed by atoms with van der Waals surface area (Å²) < 4.78 is 7.64. The first kappa shape index (κ1) is 19.4. The smallest absolute Gasteiger partial charge is 0.322 e. The van der Waals surface area contributed by atoms with E-state index in [1.165, 1.54) is 6.33 Å². The Labute approximate surface area is 184 Å². The number of nitrogens with zero attached hydrogens (tertiary/aromatic N) is 6. The van der Waals surface area contributed by atoms with Crippen molar-refractivity contribution in [3.63, 3.8) is 0 Å². The Hall–Kier alpha value is -2.58. The Morgan fingerprint density at radius 1 is 1.23 bits per heavy atom. The quantitative estimate of drug-likeness (QED) is 0.571. The predicted molar refractivity (Wildman–Crippen MR) is 115 cm³/mol. The van der Waals surface area contributed by atoms with Crippen LogP contribution in [-0.2, 0) is 6.54 Å². The number of halogens is 2. The second-order valence-corrected chi connectivity index (χ2v) is 8.45. The Balaban J connectivity index is 1.27. The van der Waals surface area contributed by atoms with Crippen LogP contribution >= 0.6 is 23.2 Å². The lowest BCUT2D eigenvalue weighted by atomic mass is 9.59. The molecule has 0 spiro atoms. The molecule has 5 rings (SSSR count). The molecule has 2 aliphatic rings. The van der Waals surface area contributed by atoms with Gasteiger partial charge in [-0.3, -0.25) is 0 Å². The zero-order valence-electron chi connectivity index (χ0n) is 16.5. The fraction of sp³-hybridized carbons (Fsp3) is 0.400. The average Bonchev–Trinajstić information content (AvgIpc) is 3.08. The highest BCUT2D eigenvalue weighted by Gasteiger charge is 2.58. The number of nitrogens with one attached hydrogen (secondary N) is 1. The van der Waals surface area contributed by atoms with Crippen molar-refractivity contribution in [3.05, 3.63) is 46.8 Å². The molecule has 0 radical (unpaired) electrons. The second-order valence-electron chi connectivity index (χ2n) is 7.63. The molecule has 0 bridgehead atoms. The summed E-state index contributed by atoms with van der Waals surface area (Å²) >= 11 is 12.1. The van der Waals surface area contributed by atoms with Gasteiger partial charge >= 0.3 is 6.01 Å². The van der Waals surface area contributed by atoms with Gasteiger partial charge in [0.1, 0.15) is 23.0 Å². The summed E-state index contributed by atoms with van der Waals surface area (Å²) in [6, 6.07) is 10.2. The minimum Gasteiger partial charge on any atom is -0.424 e. The van der Waals surface area contributed by atoms with Crippen LogP contribution in [0.25, 0.3) is 0 Å². The van der Waals surface area contributed by atoms with Crippen LogP contribution in [0.2, 0.25) is 10.2 Å². The molecule has 1 saturated carbocycles. The van der Waals surface area contributed by atoms with Gasteiger partial charge in [0.15, 0.2) is 0 Å². The summed E-state index contributed by atoms with van der Waals surface area (Å²) in [6.45, 7) is 5.80. The molecule has 156 valence electrons. The maximum absolute atomic E-state index is 6.05. The molecule has 1 saturated heterocycles. The van der Waals surface area contributed by atoms with Crippen molar-refractivity contribution < 1.29 is 4.74 Å². The number of benzene rings is 1. The van der Waals surface area contributed by atoms with E-state index in [-0.39, 0.29) is 0 Å². The van der Waals surface area contributed by atoms with Crippen molar-refractivity contribution in [2.45, 2.75) is 32.5 Å². The molecule has 1 aliphatic heterocycles. The Kier molecular flexibility index (Phi) is 4.91. The summed E-state index contributed by atoms with van der Waals surface area (Å²) in [5.41, 5.74) is 0. The molecule has 3 heterocycles. The van der Waals surface area contributed by atoms with Crippen molar-refractivity contribution in [2.75, 3.05) is 16.8 Å². The first-order valence-electron chi connectivity index (χ1n) is 9.92. The van der Waals surface area contributed by atoms with Gasteiger partial charge in [-0.1, -0.05) is 36.2 Å². The van der Waals surface area contributed by atoms with E-state index >= 15 is 0 Å². The predicted octanol–water partition coefficient (Wildman–Crippen LogP) is 4.12. The summed E-state index contributed by atoms with van der Waals surface area (Å²) in [5, 5.41) is 9.14. The van der Waals surface area contributed by atoms with Gasteiger partial charge in [0, 0.05) is 42.2 Å². The van der Waals surface area contributed by atoms with E-state index in [1.54, 1.807) is 16.8 Å². The molecule has 3 aromatic rings. The van der Waals surface area contributed by atoms with E-state index in [0.29, 0.717) is 58.3 Å². The van der Waals surface area contributed by atoms with Crippen LogP contribution in [0, 0.1) is 11.8 Å². The van der Waals surface area contributed by atoms with Crippen molar-refractivity contribution in [3.8, 4) is 11.8 Å². The Morgan fingerprint density at radius 3 is 2.83 bits per heavy atom. The molecular weight excluding hydrogens is 425 g/mol. The van der Waals surface area contributed by atoms with Crippen LogP contribution in [0.1, 0.15) is 13.8 Å². The minimum absolute atomic E-state index is 0.301. The average molecular weight is 446 g/mol. The molecule has 8 nitrogen and oxygen atoms in total. The zero-order valence-corrected chi connectivity index (χ0v) is 18.0.